The monoisotopic (exact) mass is 352 g/mol. The van der Waals surface area contributed by atoms with E-state index in [9.17, 15) is 9.59 Å². The van der Waals surface area contributed by atoms with Crippen LogP contribution in [0, 0.1) is 0 Å². The maximum atomic E-state index is 10.2. The van der Waals surface area contributed by atoms with E-state index in [-0.39, 0.29) is 0 Å². The number of hydrogen-bond donors (Lipinski definition) is 0. The summed E-state index contributed by atoms with van der Waals surface area (Å²) >= 11 is 0. The van der Waals surface area contributed by atoms with Gasteiger partial charge < -0.3 is 9.59 Å². The van der Waals surface area contributed by atoms with E-state index in [1.807, 2.05) is 0 Å². The van der Waals surface area contributed by atoms with E-state index >= 15 is 0 Å². The fourth-order valence-corrected chi connectivity index (χ4v) is 3.46. The van der Waals surface area contributed by atoms with Gasteiger partial charge in [0.1, 0.15) is 12.6 Å². The van der Waals surface area contributed by atoms with Gasteiger partial charge in [0.05, 0.1) is 0 Å². The summed E-state index contributed by atoms with van der Waals surface area (Å²) in [7, 11) is 0. The molecule has 2 heteroatoms. The molecule has 0 bridgehead atoms. The highest BCUT2D eigenvalue weighted by Crippen LogP contribution is 2.14. The Hall–Kier alpha value is -0.660. The first kappa shape index (κ1) is 24.3. The van der Waals surface area contributed by atoms with Crippen LogP contribution in [0.5, 0.6) is 0 Å². The van der Waals surface area contributed by atoms with E-state index in [0.717, 1.165) is 38.3 Å². The molecule has 0 spiro atoms. The third kappa shape index (κ3) is 23.3. The van der Waals surface area contributed by atoms with Crippen LogP contribution >= 0.6 is 0 Å². The third-order valence-corrected chi connectivity index (χ3v) is 5.14. The molecule has 0 aliphatic rings. The lowest BCUT2D eigenvalue weighted by molar-refractivity contribution is -0.108. The van der Waals surface area contributed by atoms with Crippen molar-refractivity contribution < 1.29 is 9.59 Å². The second kappa shape index (κ2) is 23.3. The molecule has 0 aromatic carbocycles. The average molecular weight is 353 g/mol. The SMILES string of the molecule is O=CCCCCCCCCCCCCCCCCCCCCCC=O. The fraction of sp³-hybridized carbons (Fsp3) is 0.913. The molecule has 0 saturated heterocycles. The Morgan fingerprint density at radius 2 is 0.440 bits per heavy atom. The topological polar surface area (TPSA) is 34.1 Å². The van der Waals surface area contributed by atoms with Crippen LogP contribution in [0.15, 0.2) is 0 Å². The van der Waals surface area contributed by atoms with Crippen molar-refractivity contribution in [1.29, 1.82) is 0 Å². The van der Waals surface area contributed by atoms with Crippen molar-refractivity contribution in [2.45, 2.75) is 135 Å². The van der Waals surface area contributed by atoms with Gasteiger partial charge in [0, 0.05) is 12.8 Å². The summed E-state index contributed by atoms with van der Waals surface area (Å²) in [5.74, 6) is 0. The first-order chi connectivity index (χ1) is 12.4. The maximum Gasteiger partial charge on any atom is 0.119 e. The number of unbranched alkanes of at least 4 members (excludes halogenated alkanes) is 20. The molecule has 2 nitrogen and oxygen atoms in total. The van der Waals surface area contributed by atoms with Gasteiger partial charge in [0.2, 0.25) is 0 Å². The molecule has 0 saturated carbocycles. The Kier molecular flexibility index (Phi) is 22.7. The zero-order valence-corrected chi connectivity index (χ0v) is 16.8. The summed E-state index contributed by atoms with van der Waals surface area (Å²) in [5.41, 5.74) is 0. The summed E-state index contributed by atoms with van der Waals surface area (Å²) < 4.78 is 0. The number of hydrogen-bond acceptors (Lipinski definition) is 2. The molecule has 0 aromatic heterocycles. The zero-order valence-electron chi connectivity index (χ0n) is 16.8. The van der Waals surface area contributed by atoms with E-state index in [0.29, 0.717) is 0 Å². The Labute approximate surface area is 157 Å². The van der Waals surface area contributed by atoms with Gasteiger partial charge in [-0.15, -0.1) is 0 Å². The molecule has 148 valence electrons. The Balaban J connectivity index is 2.96. The minimum absolute atomic E-state index is 0.752. The van der Waals surface area contributed by atoms with Gasteiger partial charge in [0.25, 0.3) is 0 Å². The molecule has 0 N–H and O–H groups in total. The van der Waals surface area contributed by atoms with Crippen LogP contribution in [0.1, 0.15) is 135 Å². The first-order valence-corrected chi connectivity index (χ1v) is 11.3. The van der Waals surface area contributed by atoms with Crippen LogP contribution in [0.25, 0.3) is 0 Å². The molecule has 0 radical (unpaired) electrons. The quantitative estimate of drug-likeness (QED) is 0.149. The van der Waals surface area contributed by atoms with Gasteiger partial charge in [-0.3, -0.25) is 0 Å². The summed E-state index contributed by atoms with van der Waals surface area (Å²) in [6.45, 7) is 0. The Morgan fingerprint density at radius 1 is 0.280 bits per heavy atom. The molecule has 0 fully saturated rings. The summed E-state index contributed by atoms with van der Waals surface area (Å²) in [5, 5.41) is 0. The van der Waals surface area contributed by atoms with E-state index in [1.165, 1.54) is 109 Å². The van der Waals surface area contributed by atoms with Crippen molar-refractivity contribution in [3.05, 3.63) is 0 Å². The lowest BCUT2D eigenvalue weighted by Gasteiger charge is -2.03. The summed E-state index contributed by atoms with van der Waals surface area (Å²) in [6.07, 6.45) is 29.1. The molecule has 0 aliphatic heterocycles. The molecule has 0 aromatic rings. The molecule has 25 heavy (non-hydrogen) atoms. The van der Waals surface area contributed by atoms with E-state index in [4.69, 9.17) is 0 Å². The molecule has 0 aliphatic carbocycles. The normalized spacial score (nSPS) is 10.9. The largest absolute Gasteiger partial charge is 0.303 e. The van der Waals surface area contributed by atoms with Crippen molar-refractivity contribution in [3.63, 3.8) is 0 Å². The molecular weight excluding hydrogens is 308 g/mol. The smallest absolute Gasteiger partial charge is 0.119 e. The van der Waals surface area contributed by atoms with Gasteiger partial charge in [-0.1, -0.05) is 109 Å². The number of aldehydes is 2. The predicted octanol–water partition coefficient (Wildman–Crippen LogP) is 7.58. The highest BCUT2D eigenvalue weighted by atomic mass is 16.1. The van der Waals surface area contributed by atoms with Gasteiger partial charge in [-0.2, -0.15) is 0 Å². The van der Waals surface area contributed by atoms with Crippen LogP contribution in [-0.4, -0.2) is 12.6 Å². The number of rotatable bonds is 22. The van der Waals surface area contributed by atoms with Crippen molar-refractivity contribution >= 4 is 12.6 Å². The van der Waals surface area contributed by atoms with Gasteiger partial charge in [-0.05, 0) is 12.8 Å². The van der Waals surface area contributed by atoms with Gasteiger partial charge in [0.15, 0.2) is 0 Å². The van der Waals surface area contributed by atoms with Crippen LogP contribution in [-0.2, 0) is 9.59 Å². The highest BCUT2D eigenvalue weighted by Gasteiger charge is 1.95. The van der Waals surface area contributed by atoms with Crippen molar-refractivity contribution in [3.8, 4) is 0 Å². The minimum Gasteiger partial charge on any atom is -0.303 e. The molecule has 0 atom stereocenters. The average Bonchev–Trinajstić information content (AvgIpc) is 2.63. The fourth-order valence-electron chi connectivity index (χ4n) is 3.46. The molecule has 0 unspecified atom stereocenters. The van der Waals surface area contributed by atoms with Crippen molar-refractivity contribution in [2.24, 2.45) is 0 Å². The van der Waals surface area contributed by atoms with Crippen molar-refractivity contribution in [2.75, 3.05) is 0 Å². The minimum atomic E-state index is 0.752. The lowest BCUT2D eigenvalue weighted by atomic mass is 10.0. The standard InChI is InChI=1S/C23H44O2/c24-22-20-18-16-14-12-10-8-6-4-2-1-3-5-7-9-11-13-15-17-19-21-23-25/h22-23H,1-21H2. The highest BCUT2D eigenvalue weighted by molar-refractivity contribution is 5.49. The Bertz CT molecular complexity index is 237. The summed E-state index contributed by atoms with van der Waals surface area (Å²) in [6, 6.07) is 0. The maximum absolute atomic E-state index is 10.2. The lowest BCUT2D eigenvalue weighted by Crippen LogP contribution is -1.84. The summed E-state index contributed by atoms with van der Waals surface area (Å²) in [4.78, 5) is 20.4. The molecule has 0 amide bonds. The first-order valence-electron chi connectivity index (χ1n) is 11.3. The molecule has 0 heterocycles. The number of carbonyl (C=O) groups is 2. The third-order valence-electron chi connectivity index (χ3n) is 5.14. The van der Waals surface area contributed by atoms with E-state index < -0.39 is 0 Å². The van der Waals surface area contributed by atoms with Crippen LogP contribution < -0.4 is 0 Å². The van der Waals surface area contributed by atoms with Crippen LogP contribution in [0.2, 0.25) is 0 Å². The molecule has 0 rings (SSSR count). The van der Waals surface area contributed by atoms with Gasteiger partial charge >= 0.3 is 0 Å². The zero-order chi connectivity index (χ0) is 18.3. The van der Waals surface area contributed by atoms with E-state index in [1.54, 1.807) is 0 Å². The van der Waals surface area contributed by atoms with Crippen molar-refractivity contribution in [1.82, 2.24) is 0 Å². The Morgan fingerprint density at radius 3 is 0.600 bits per heavy atom. The second-order valence-corrected chi connectivity index (χ2v) is 7.63. The molecular formula is C23H44O2. The van der Waals surface area contributed by atoms with Gasteiger partial charge in [-0.25, -0.2) is 0 Å². The van der Waals surface area contributed by atoms with E-state index in [2.05, 4.69) is 0 Å². The predicted molar refractivity (Wildman–Crippen MR) is 109 cm³/mol. The second-order valence-electron chi connectivity index (χ2n) is 7.63. The number of carbonyl (C=O) groups excluding carboxylic acids is 2. The van der Waals surface area contributed by atoms with Crippen LogP contribution in [0.3, 0.4) is 0 Å². The van der Waals surface area contributed by atoms with Crippen LogP contribution in [0.4, 0.5) is 0 Å².